The summed E-state index contributed by atoms with van der Waals surface area (Å²) >= 11 is 0. The minimum atomic E-state index is 0.456. The highest BCUT2D eigenvalue weighted by Gasteiger charge is 2.11. The first-order valence-corrected chi connectivity index (χ1v) is 7.41. The van der Waals surface area contributed by atoms with E-state index in [4.69, 9.17) is 4.42 Å². The van der Waals surface area contributed by atoms with Gasteiger partial charge in [-0.1, -0.05) is 13.8 Å². The van der Waals surface area contributed by atoms with Crippen molar-refractivity contribution in [1.82, 2.24) is 10.3 Å². The Labute approximate surface area is 127 Å². The topological polar surface area (TPSA) is 41.3 Å². The molecule has 2 heterocycles. The standard InChI is InChI=1S/C17H25N3O/c1-12(2)18-9-15-10-19-13(3)8-17(15)20(5)11-16-7-6-14(4)21-16/h6-8,10,12,18H,9,11H2,1-5H3. The molecule has 4 nitrogen and oxygen atoms in total. The van der Waals surface area contributed by atoms with Crippen LogP contribution in [0.15, 0.2) is 28.8 Å². The number of rotatable bonds is 6. The zero-order valence-corrected chi connectivity index (χ0v) is 13.6. The van der Waals surface area contributed by atoms with Crippen molar-refractivity contribution in [3.63, 3.8) is 0 Å². The Kier molecular flexibility index (Phi) is 5.02. The van der Waals surface area contributed by atoms with Gasteiger partial charge in [-0.05, 0) is 32.0 Å². The third-order valence-electron chi connectivity index (χ3n) is 3.40. The van der Waals surface area contributed by atoms with E-state index in [9.17, 15) is 0 Å². The van der Waals surface area contributed by atoms with Gasteiger partial charge >= 0.3 is 0 Å². The lowest BCUT2D eigenvalue weighted by atomic mass is 10.1. The number of furan rings is 1. The fourth-order valence-corrected chi connectivity index (χ4v) is 2.27. The van der Waals surface area contributed by atoms with E-state index in [0.29, 0.717) is 6.04 Å². The lowest BCUT2D eigenvalue weighted by Crippen LogP contribution is -2.25. The molecule has 0 bridgehead atoms. The first kappa shape index (κ1) is 15.6. The molecule has 0 aromatic carbocycles. The minimum Gasteiger partial charge on any atom is -0.464 e. The number of aromatic nitrogens is 1. The fraction of sp³-hybridized carbons (Fsp3) is 0.471. The second-order valence-corrected chi connectivity index (χ2v) is 5.86. The third-order valence-corrected chi connectivity index (χ3v) is 3.40. The maximum absolute atomic E-state index is 5.67. The van der Waals surface area contributed by atoms with Crippen LogP contribution in [0.2, 0.25) is 0 Å². The highest BCUT2D eigenvalue weighted by molar-refractivity contribution is 5.53. The molecule has 0 unspecified atom stereocenters. The largest absolute Gasteiger partial charge is 0.464 e. The average Bonchev–Trinajstić information content (AvgIpc) is 2.82. The number of aryl methyl sites for hydroxylation is 2. The lowest BCUT2D eigenvalue weighted by molar-refractivity contribution is 0.481. The van der Waals surface area contributed by atoms with Crippen LogP contribution < -0.4 is 10.2 Å². The maximum atomic E-state index is 5.67. The highest BCUT2D eigenvalue weighted by atomic mass is 16.3. The number of nitrogens with zero attached hydrogens (tertiary/aromatic N) is 2. The van der Waals surface area contributed by atoms with E-state index in [2.05, 4.69) is 42.2 Å². The summed E-state index contributed by atoms with van der Waals surface area (Å²) in [5, 5.41) is 3.45. The van der Waals surface area contributed by atoms with E-state index in [-0.39, 0.29) is 0 Å². The van der Waals surface area contributed by atoms with E-state index in [1.54, 1.807) is 0 Å². The van der Waals surface area contributed by atoms with Gasteiger partial charge in [-0.15, -0.1) is 0 Å². The molecule has 2 aromatic heterocycles. The van der Waals surface area contributed by atoms with Crippen molar-refractivity contribution < 1.29 is 4.42 Å². The van der Waals surface area contributed by atoms with Crippen molar-refractivity contribution in [3.05, 3.63) is 47.2 Å². The van der Waals surface area contributed by atoms with Crippen LogP contribution in [0.3, 0.4) is 0 Å². The van der Waals surface area contributed by atoms with Gasteiger partial charge in [0.2, 0.25) is 0 Å². The van der Waals surface area contributed by atoms with Gasteiger partial charge in [-0.3, -0.25) is 4.98 Å². The molecule has 4 heteroatoms. The zero-order valence-electron chi connectivity index (χ0n) is 13.6. The van der Waals surface area contributed by atoms with E-state index in [1.807, 2.05) is 32.2 Å². The lowest BCUT2D eigenvalue weighted by Gasteiger charge is -2.22. The van der Waals surface area contributed by atoms with Crippen molar-refractivity contribution >= 4 is 5.69 Å². The van der Waals surface area contributed by atoms with E-state index >= 15 is 0 Å². The summed E-state index contributed by atoms with van der Waals surface area (Å²) in [6, 6.07) is 6.62. The highest BCUT2D eigenvalue weighted by Crippen LogP contribution is 2.22. The molecule has 21 heavy (non-hydrogen) atoms. The second kappa shape index (κ2) is 6.76. The molecule has 0 spiro atoms. The molecule has 0 amide bonds. The van der Waals surface area contributed by atoms with E-state index in [0.717, 1.165) is 30.3 Å². The van der Waals surface area contributed by atoms with E-state index in [1.165, 1.54) is 11.3 Å². The average molecular weight is 287 g/mol. The van der Waals surface area contributed by atoms with Crippen LogP contribution in [-0.4, -0.2) is 18.1 Å². The Hall–Kier alpha value is -1.81. The number of pyridine rings is 1. The van der Waals surface area contributed by atoms with Crippen LogP contribution in [-0.2, 0) is 13.1 Å². The summed E-state index contributed by atoms with van der Waals surface area (Å²) in [7, 11) is 2.09. The summed E-state index contributed by atoms with van der Waals surface area (Å²) in [4.78, 5) is 6.63. The maximum Gasteiger partial charge on any atom is 0.123 e. The van der Waals surface area contributed by atoms with Gasteiger partial charge in [0, 0.05) is 42.8 Å². The Morgan fingerprint density at radius 1 is 1.29 bits per heavy atom. The predicted molar refractivity (Wildman–Crippen MR) is 86.5 cm³/mol. The van der Waals surface area contributed by atoms with Crippen molar-refractivity contribution in [2.45, 2.75) is 46.8 Å². The molecule has 0 saturated heterocycles. The van der Waals surface area contributed by atoms with Crippen LogP contribution in [0.5, 0.6) is 0 Å². The van der Waals surface area contributed by atoms with Crippen LogP contribution in [0, 0.1) is 13.8 Å². The van der Waals surface area contributed by atoms with Crippen molar-refractivity contribution in [2.24, 2.45) is 0 Å². The molecule has 0 saturated carbocycles. The molecule has 0 fully saturated rings. The normalized spacial score (nSPS) is 11.1. The van der Waals surface area contributed by atoms with Crippen molar-refractivity contribution in [1.29, 1.82) is 0 Å². The second-order valence-electron chi connectivity index (χ2n) is 5.86. The first-order valence-electron chi connectivity index (χ1n) is 7.41. The number of nitrogens with one attached hydrogen (secondary N) is 1. The summed E-state index contributed by atoms with van der Waals surface area (Å²) in [5.74, 6) is 1.93. The Bertz CT molecular complexity index is 589. The monoisotopic (exact) mass is 287 g/mol. The van der Waals surface area contributed by atoms with Crippen LogP contribution in [0.25, 0.3) is 0 Å². The Balaban J connectivity index is 2.17. The molecule has 0 atom stereocenters. The molecular formula is C17H25N3O. The molecule has 0 radical (unpaired) electrons. The van der Waals surface area contributed by atoms with Gasteiger partial charge in [0.15, 0.2) is 0 Å². The quantitative estimate of drug-likeness (QED) is 0.884. The van der Waals surface area contributed by atoms with Gasteiger partial charge in [0.1, 0.15) is 11.5 Å². The fourth-order valence-electron chi connectivity index (χ4n) is 2.27. The first-order chi connectivity index (χ1) is 9.95. The van der Waals surface area contributed by atoms with Gasteiger partial charge in [0.05, 0.1) is 6.54 Å². The third kappa shape index (κ3) is 4.33. The number of anilines is 1. The molecule has 114 valence electrons. The van der Waals surface area contributed by atoms with Crippen LogP contribution in [0.1, 0.15) is 36.6 Å². The zero-order chi connectivity index (χ0) is 15.4. The summed E-state index contributed by atoms with van der Waals surface area (Å²) < 4.78 is 5.67. The minimum absolute atomic E-state index is 0.456. The molecule has 1 N–H and O–H groups in total. The molecule has 2 rings (SSSR count). The van der Waals surface area contributed by atoms with Gasteiger partial charge < -0.3 is 14.6 Å². The molecule has 0 aliphatic carbocycles. The molecule has 2 aromatic rings. The summed E-state index contributed by atoms with van der Waals surface area (Å²) in [5.41, 5.74) is 3.44. The van der Waals surface area contributed by atoms with Gasteiger partial charge in [0.25, 0.3) is 0 Å². The van der Waals surface area contributed by atoms with Gasteiger partial charge in [-0.2, -0.15) is 0 Å². The van der Waals surface area contributed by atoms with Gasteiger partial charge in [-0.25, -0.2) is 0 Å². The smallest absolute Gasteiger partial charge is 0.123 e. The SMILES string of the molecule is Cc1cc(N(C)Cc2ccc(C)o2)c(CNC(C)C)cn1. The van der Waals surface area contributed by atoms with E-state index < -0.39 is 0 Å². The summed E-state index contributed by atoms with van der Waals surface area (Å²) in [6.45, 7) is 9.87. The number of hydrogen-bond acceptors (Lipinski definition) is 4. The predicted octanol–water partition coefficient (Wildman–Crippen LogP) is 3.43. The Morgan fingerprint density at radius 2 is 2.05 bits per heavy atom. The number of hydrogen-bond donors (Lipinski definition) is 1. The van der Waals surface area contributed by atoms with Crippen molar-refractivity contribution in [2.75, 3.05) is 11.9 Å². The molecule has 0 aliphatic heterocycles. The van der Waals surface area contributed by atoms with Crippen molar-refractivity contribution in [3.8, 4) is 0 Å². The Morgan fingerprint density at radius 3 is 2.67 bits per heavy atom. The van der Waals surface area contributed by atoms with Crippen LogP contribution >= 0.6 is 0 Å². The molecule has 0 aliphatic rings. The van der Waals surface area contributed by atoms with Crippen LogP contribution in [0.4, 0.5) is 5.69 Å². The summed E-state index contributed by atoms with van der Waals surface area (Å²) in [6.07, 6.45) is 1.96. The molecular weight excluding hydrogens is 262 g/mol.